The van der Waals surface area contributed by atoms with Crippen LogP contribution in [0.1, 0.15) is 52.5 Å². The van der Waals surface area contributed by atoms with Gasteiger partial charge in [-0.3, -0.25) is 0 Å². The number of amides is 1. The highest BCUT2D eigenvalue weighted by atomic mass is 16.6. The Hall–Kier alpha value is -3.60. The molecule has 0 bridgehead atoms. The molecule has 1 aromatic carbocycles. The Kier molecular flexibility index (Phi) is 7.21. The number of likely N-dealkylation sites (tertiary alicyclic amines) is 1. The van der Waals surface area contributed by atoms with Crippen molar-refractivity contribution in [2.24, 2.45) is 5.92 Å². The summed E-state index contributed by atoms with van der Waals surface area (Å²) in [5.41, 5.74) is 8.49. The molecule has 0 aliphatic carbocycles. The van der Waals surface area contributed by atoms with E-state index in [0.717, 1.165) is 11.3 Å². The fourth-order valence-corrected chi connectivity index (χ4v) is 4.14. The normalized spacial score (nSPS) is 18.5. The van der Waals surface area contributed by atoms with Crippen molar-refractivity contribution in [3.05, 3.63) is 36.0 Å². The summed E-state index contributed by atoms with van der Waals surface area (Å²) in [4.78, 5) is 23.3. The van der Waals surface area contributed by atoms with Crippen LogP contribution in [0.5, 0.6) is 0 Å². The van der Waals surface area contributed by atoms with Crippen LogP contribution in [-0.4, -0.2) is 67.0 Å². The van der Waals surface area contributed by atoms with E-state index in [1.54, 1.807) is 15.6 Å². The number of rotatable bonds is 6. The Bertz CT molecular complexity index is 1220. The van der Waals surface area contributed by atoms with Gasteiger partial charge in [0.1, 0.15) is 5.60 Å². The second kappa shape index (κ2) is 10.2. The van der Waals surface area contributed by atoms with E-state index in [2.05, 4.69) is 34.6 Å². The molecule has 2 aromatic heterocycles. The molecule has 4 rings (SSSR count). The number of ether oxygens (including phenoxy) is 1. The number of piperidine rings is 1. The smallest absolute Gasteiger partial charge is 0.410 e. The molecule has 1 aliphatic heterocycles. The van der Waals surface area contributed by atoms with E-state index in [1.165, 1.54) is 0 Å². The molecule has 2 atom stereocenters. The Morgan fingerprint density at radius 2 is 2.08 bits per heavy atom. The first kappa shape index (κ1) is 25.5. The molecule has 0 spiro atoms. The summed E-state index contributed by atoms with van der Waals surface area (Å²) in [6.07, 6.45) is 1.35. The average Bonchev–Trinajstić information content (AvgIpc) is 3.22. The number of benzene rings is 1. The second-order valence-corrected chi connectivity index (χ2v) is 10.5. The monoisotopic (exact) mass is 496 g/mol. The number of hydrogen-bond donors (Lipinski definition) is 4. The van der Waals surface area contributed by atoms with Gasteiger partial charge in [-0.1, -0.05) is 19.9 Å². The van der Waals surface area contributed by atoms with E-state index < -0.39 is 17.8 Å². The highest BCUT2D eigenvalue weighted by Gasteiger charge is 2.32. The minimum Gasteiger partial charge on any atom is -0.444 e. The summed E-state index contributed by atoms with van der Waals surface area (Å²) in [5, 5.41) is 21.8. The van der Waals surface area contributed by atoms with Crippen molar-refractivity contribution < 1.29 is 14.6 Å². The lowest BCUT2D eigenvalue weighted by molar-refractivity contribution is -0.0104. The van der Waals surface area contributed by atoms with Gasteiger partial charge in [0.25, 0.3) is 0 Å². The number of aromatic nitrogens is 4. The predicted octanol–water partition coefficient (Wildman–Crippen LogP) is 3.60. The number of hydrogen-bond acceptors (Lipinski definition) is 9. The molecule has 3 aromatic rings. The van der Waals surface area contributed by atoms with E-state index in [-0.39, 0.29) is 18.4 Å². The largest absolute Gasteiger partial charge is 0.444 e. The zero-order chi connectivity index (χ0) is 26.0. The maximum Gasteiger partial charge on any atom is 0.410 e. The maximum absolute atomic E-state index is 12.4. The zero-order valence-electron chi connectivity index (χ0n) is 21.5. The fourth-order valence-electron chi connectivity index (χ4n) is 4.14. The van der Waals surface area contributed by atoms with Gasteiger partial charge >= 0.3 is 6.09 Å². The molecule has 1 fully saturated rings. The molecule has 36 heavy (non-hydrogen) atoms. The van der Waals surface area contributed by atoms with Crippen molar-refractivity contribution in [2.45, 2.75) is 58.7 Å². The first-order valence-corrected chi connectivity index (χ1v) is 12.3. The second-order valence-electron chi connectivity index (χ2n) is 10.5. The molecule has 3 heterocycles. The van der Waals surface area contributed by atoms with Crippen LogP contribution in [0.4, 0.5) is 28.1 Å². The summed E-state index contributed by atoms with van der Waals surface area (Å²) in [6, 6.07) is 7.41. The quantitative estimate of drug-likeness (QED) is 0.376. The Labute approximate surface area is 211 Å². The first-order valence-electron chi connectivity index (χ1n) is 12.3. The Morgan fingerprint density at radius 1 is 1.31 bits per heavy atom. The summed E-state index contributed by atoms with van der Waals surface area (Å²) < 4.78 is 7.12. The lowest BCUT2D eigenvalue weighted by Crippen LogP contribution is -2.49. The van der Waals surface area contributed by atoms with Crippen molar-refractivity contribution in [1.82, 2.24) is 24.5 Å². The molecule has 1 amide bonds. The molecule has 11 heteroatoms. The van der Waals surface area contributed by atoms with Gasteiger partial charge in [0.2, 0.25) is 11.9 Å². The Balaban J connectivity index is 1.50. The van der Waals surface area contributed by atoms with Gasteiger partial charge in [0.15, 0.2) is 5.65 Å². The van der Waals surface area contributed by atoms with E-state index in [1.807, 2.05) is 45.0 Å². The lowest BCUT2D eigenvalue weighted by Gasteiger charge is -2.36. The summed E-state index contributed by atoms with van der Waals surface area (Å²) in [6.45, 7) is 10.9. The van der Waals surface area contributed by atoms with Crippen molar-refractivity contribution in [1.29, 1.82) is 0 Å². The summed E-state index contributed by atoms with van der Waals surface area (Å²) in [7, 11) is 0. The van der Waals surface area contributed by atoms with Crippen LogP contribution in [0.25, 0.3) is 5.65 Å². The number of aliphatic hydroxyl groups is 1. The number of carbonyl (C=O) groups excluding carboxylic acids is 1. The molecule has 5 N–H and O–H groups in total. The van der Waals surface area contributed by atoms with Crippen molar-refractivity contribution in [2.75, 3.05) is 36.0 Å². The fraction of sp³-hybridized carbons (Fsp3) is 0.520. The first-order chi connectivity index (χ1) is 17.0. The van der Waals surface area contributed by atoms with Gasteiger partial charge in [-0.2, -0.15) is 19.6 Å². The van der Waals surface area contributed by atoms with Gasteiger partial charge in [0.05, 0.1) is 18.8 Å². The molecule has 0 radical (unpaired) electrons. The number of fused-ring (bicyclic) bond motifs is 1. The highest BCUT2D eigenvalue weighted by molar-refractivity contribution is 5.68. The minimum atomic E-state index is -0.686. The van der Waals surface area contributed by atoms with E-state index in [4.69, 9.17) is 15.5 Å². The Morgan fingerprint density at radius 3 is 2.75 bits per heavy atom. The van der Waals surface area contributed by atoms with Crippen LogP contribution in [0.3, 0.4) is 0 Å². The summed E-state index contributed by atoms with van der Waals surface area (Å²) >= 11 is 0. The topological polar surface area (TPSA) is 143 Å². The third kappa shape index (κ3) is 5.96. The third-order valence-corrected chi connectivity index (χ3v) is 6.06. The number of anilines is 4. The molecule has 194 valence electrons. The average molecular weight is 497 g/mol. The number of nitrogen functional groups attached to an aromatic ring is 1. The van der Waals surface area contributed by atoms with E-state index >= 15 is 0 Å². The van der Waals surface area contributed by atoms with Gasteiger partial charge in [0, 0.05) is 35.9 Å². The molecule has 1 aliphatic rings. The van der Waals surface area contributed by atoms with Crippen molar-refractivity contribution >= 4 is 35.0 Å². The van der Waals surface area contributed by atoms with E-state index in [0.29, 0.717) is 42.7 Å². The number of β-amino-alcohol motifs (C(OH)–C–C–N with tert-alkyl or cyclic N) is 1. The number of carbonyl (C=O) groups is 1. The van der Waals surface area contributed by atoms with Crippen LogP contribution in [0.15, 0.2) is 30.5 Å². The number of aliphatic hydroxyl groups excluding tert-OH is 1. The van der Waals surface area contributed by atoms with Crippen LogP contribution < -0.4 is 16.4 Å². The molecule has 1 saturated heterocycles. The van der Waals surface area contributed by atoms with Crippen LogP contribution in [0, 0.1) is 5.92 Å². The standard InChI is InChI=1S/C25H36N8O3/c1-15(2)19-13-28-33-21(19)30-22(31-23(33)29-18-8-6-7-17(26)11-18)27-12-16-9-10-32(14-20(16)34)24(35)36-25(3,4)5/h6-8,11,13,15-16,20,34H,9-10,12,14,26H2,1-5H3,(H2,27,29,30,31)/t16-,20+/m1/s1. The third-order valence-electron chi connectivity index (χ3n) is 6.06. The van der Waals surface area contributed by atoms with Crippen molar-refractivity contribution in [3.8, 4) is 0 Å². The molecule has 0 saturated carbocycles. The van der Waals surface area contributed by atoms with Gasteiger partial charge in [-0.15, -0.1) is 0 Å². The molecular formula is C25H36N8O3. The SMILES string of the molecule is CC(C)c1cnn2c(Nc3cccc(N)c3)nc(NC[C@H]3CCN(C(=O)OC(C)(C)C)C[C@@H]3O)nc12. The molecular weight excluding hydrogens is 460 g/mol. The lowest BCUT2D eigenvalue weighted by atomic mass is 9.94. The molecule has 0 unspecified atom stereocenters. The highest BCUT2D eigenvalue weighted by Crippen LogP contribution is 2.25. The van der Waals surface area contributed by atoms with Crippen LogP contribution in [-0.2, 0) is 4.74 Å². The van der Waals surface area contributed by atoms with E-state index in [9.17, 15) is 9.90 Å². The zero-order valence-corrected chi connectivity index (χ0v) is 21.5. The van der Waals surface area contributed by atoms with Crippen LogP contribution >= 0.6 is 0 Å². The predicted molar refractivity (Wildman–Crippen MR) is 139 cm³/mol. The maximum atomic E-state index is 12.4. The number of nitrogens with two attached hydrogens (primary N) is 1. The number of nitrogens with one attached hydrogen (secondary N) is 2. The minimum absolute atomic E-state index is 0.0664. The van der Waals surface area contributed by atoms with Crippen LogP contribution in [0.2, 0.25) is 0 Å². The van der Waals surface area contributed by atoms with Gasteiger partial charge in [-0.05, 0) is 51.3 Å². The summed E-state index contributed by atoms with van der Waals surface area (Å²) in [5.74, 6) is 1.09. The molecule has 11 nitrogen and oxygen atoms in total. The van der Waals surface area contributed by atoms with Gasteiger partial charge < -0.3 is 31.1 Å². The van der Waals surface area contributed by atoms with Gasteiger partial charge in [-0.25, -0.2) is 4.79 Å². The van der Waals surface area contributed by atoms with Crippen molar-refractivity contribution in [3.63, 3.8) is 0 Å². The number of nitrogens with zero attached hydrogens (tertiary/aromatic N) is 5.